The van der Waals surface area contributed by atoms with E-state index in [4.69, 9.17) is 0 Å². The van der Waals surface area contributed by atoms with Crippen LogP contribution in [0.1, 0.15) is 10.4 Å². The second kappa shape index (κ2) is 5.45. The van der Waals surface area contributed by atoms with Gasteiger partial charge in [-0.3, -0.25) is 10.1 Å². The molecule has 0 unspecified atom stereocenters. The molecule has 0 spiro atoms. The van der Waals surface area contributed by atoms with Gasteiger partial charge >= 0.3 is 0 Å². The Hall–Kier alpha value is -2.54. The number of carbonyl (C=O) groups is 1. The molecule has 0 fully saturated rings. The highest BCUT2D eigenvalue weighted by Crippen LogP contribution is 2.26. The van der Waals surface area contributed by atoms with Crippen LogP contribution in [0, 0.1) is 5.82 Å². The fraction of sp³-hybridized carbons (Fsp3) is 0.0714. The number of fused-ring (bicyclic) bond motifs is 1. The zero-order valence-corrected chi connectivity index (χ0v) is 11.9. The van der Waals surface area contributed by atoms with Crippen LogP contribution in [0.4, 0.5) is 15.3 Å². The molecule has 2 aromatic heterocycles. The van der Waals surface area contributed by atoms with Crippen molar-refractivity contribution in [2.45, 2.75) is 0 Å². The van der Waals surface area contributed by atoms with Crippen LogP contribution >= 0.6 is 11.3 Å². The molecule has 0 aliphatic carbocycles. The molecule has 2 heterocycles. The fourth-order valence-electron chi connectivity index (χ4n) is 1.88. The van der Waals surface area contributed by atoms with Crippen molar-refractivity contribution in [2.75, 3.05) is 17.7 Å². The minimum Gasteiger partial charge on any atom is -0.371 e. The summed E-state index contributed by atoms with van der Waals surface area (Å²) in [6, 6.07) is 8.87. The third kappa shape index (κ3) is 2.55. The summed E-state index contributed by atoms with van der Waals surface area (Å²) in [5.74, 6) is -1.20. The monoisotopic (exact) mass is 302 g/mol. The van der Waals surface area contributed by atoms with E-state index in [1.165, 1.54) is 23.6 Å². The molecule has 3 aromatic rings. The van der Waals surface area contributed by atoms with Crippen LogP contribution in [0.5, 0.6) is 0 Å². The standard InChI is InChI=1S/C14H11FN4OS/c1-16-12-11(15)8(6-7-17-12)13(20)19-14-18-9-4-2-3-5-10(9)21-14/h2-7H,1H3,(H,16,17)(H,18,19,20). The van der Waals surface area contributed by atoms with E-state index >= 15 is 0 Å². The summed E-state index contributed by atoms with van der Waals surface area (Å²) in [7, 11) is 1.54. The molecular formula is C14H11FN4OS. The second-order valence-electron chi connectivity index (χ2n) is 4.21. The van der Waals surface area contributed by atoms with E-state index in [1.807, 2.05) is 24.3 Å². The molecule has 106 valence electrons. The lowest BCUT2D eigenvalue weighted by atomic mass is 10.2. The zero-order chi connectivity index (χ0) is 14.8. The average molecular weight is 302 g/mol. The first-order chi connectivity index (χ1) is 10.2. The maximum Gasteiger partial charge on any atom is 0.260 e. The topological polar surface area (TPSA) is 66.9 Å². The molecule has 5 nitrogen and oxygen atoms in total. The number of amides is 1. The Bertz CT molecular complexity index is 785. The van der Waals surface area contributed by atoms with Crippen molar-refractivity contribution >= 4 is 38.4 Å². The number of pyridine rings is 1. The first-order valence-electron chi connectivity index (χ1n) is 6.18. The molecule has 0 bridgehead atoms. The smallest absolute Gasteiger partial charge is 0.260 e. The Kier molecular flexibility index (Phi) is 3.49. The van der Waals surface area contributed by atoms with Gasteiger partial charge in [0.05, 0.1) is 15.8 Å². The quantitative estimate of drug-likeness (QED) is 0.780. The molecular weight excluding hydrogens is 291 g/mol. The number of halogens is 1. The van der Waals surface area contributed by atoms with Gasteiger partial charge in [0.2, 0.25) is 0 Å². The number of nitrogens with one attached hydrogen (secondary N) is 2. The summed E-state index contributed by atoms with van der Waals surface area (Å²) in [6.07, 6.45) is 1.38. The van der Waals surface area contributed by atoms with Crippen molar-refractivity contribution in [1.82, 2.24) is 9.97 Å². The largest absolute Gasteiger partial charge is 0.371 e. The van der Waals surface area contributed by atoms with Crippen molar-refractivity contribution in [3.63, 3.8) is 0 Å². The lowest BCUT2D eigenvalue weighted by Crippen LogP contribution is -2.15. The number of benzene rings is 1. The molecule has 21 heavy (non-hydrogen) atoms. The number of nitrogens with zero attached hydrogens (tertiary/aromatic N) is 2. The van der Waals surface area contributed by atoms with Crippen LogP contribution in [0.15, 0.2) is 36.5 Å². The molecule has 1 amide bonds. The Morgan fingerprint density at radius 2 is 2.10 bits per heavy atom. The van der Waals surface area contributed by atoms with Crippen LogP contribution in [-0.2, 0) is 0 Å². The zero-order valence-electron chi connectivity index (χ0n) is 11.1. The van der Waals surface area contributed by atoms with Crippen LogP contribution < -0.4 is 10.6 Å². The van der Waals surface area contributed by atoms with E-state index in [-0.39, 0.29) is 11.4 Å². The normalized spacial score (nSPS) is 10.6. The Morgan fingerprint density at radius 3 is 2.86 bits per heavy atom. The van der Waals surface area contributed by atoms with E-state index in [0.29, 0.717) is 5.13 Å². The van der Waals surface area contributed by atoms with Gasteiger partial charge in [-0.2, -0.15) is 0 Å². The number of para-hydroxylation sites is 1. The van der Waals surface area contributed by atoms with Crippen LogP contribution in [0.3, 0.4) is 0 Å². The lowest BCUT2D eigenvalue weighted by molar-refractivity contribution is 0.102. The molecule has 2 N–H and O–H groups in total. The average Bonchev–Trinajstić information content (AvgIpc) is 2.89. The lowest BCUT2D eigenvalue weighted by Gasteiger charge is -2.06. The molecule has 0 saturated carbocycles. The highest BCUT2D eigenvalue weighted by molar-refractivity contribution is 7.22. The van der Waals surface area contributed by atoms with Crippen molar-refractivity contribution in [3.8, 4) is 0 Å². The Morgan fingerprint density at radius 1 is 1.29 bits per heavy atom. The number of carbonyl (C=O) groups excluding carboxylic acids is 1. The van der Waals surface area contributed by atoms with E-state index in [9.17, 15) is 9.18 Å². The minimum atomic E-state index is -0.682. The first kappa shape index (κ1) is 13.4. The predicted molar refractivity (Wildman–Crippen MR) is 81.3 cm³/mol. The van der Waals surface area contributed by atoms with Gasteiger partial charge in [-0.1, -0.05) is 23.5 Å². The van der Waals surface area contributed by atoms with Gasteiger partial charge in [0.25, 0.3) is 5.91 Å². The number of anilines is 2. The highest BCUT2D eigenvalue weighted by Gasteiger charge is 2.16. The number of aromatic nitrogens is 2. The van der Waals surface area contributed by atoms with Crippen LogP contribution in [0.25, 0.3) is 10.2 Å². The van der Waals surface area contributed by atoms with E-state index in [1.54, 1.807) is 7.05 Å². The summed E-state index contributed by atoms with van der Waals surface area (Å²) in [6.45, 7) is 0. The molecule has 0 atom stereocenters. The van der Waals surface area contributed by atoms with Crippen molar-refractivity contribution in [2.24, 2.45) is 0 Å². The van der Waals surface area contributed by atoms with Crippen molar-refractivity contribution in [1.29, 1.82) is 0 Å². The van der Waals surface area contributed by atoms with Gasteiger partial charge in [-0.25, -0.2) is 14.4 Å². The van der Waals surface area contributed by atoms with E-state index in [2.05, 4.69) is 20.6 Å². The predicted octanol–water partition coefficient (Wildman–Crippen LogP) is 3.12. The SMILES string of the molecule is CNc1nccc(C(=O)Nc2nc3ccccc3s2)c1F. The van der Waals surface area contributed by atoms with Crippen molar-refractivity contribution < 1.29 is 9.18 Å². The first-order valence-corrected chi connectivity index (χ1v) is 7.00. The van der Waals surface area contributed by atoms with Gasteiger partial charge in [0.1, 0.15) is 0 Å². The number of hydrogen-bond donors (Lipinski definition) is 2. The van der Waals surface area contributed by atoms with Crippen LogP contribution in [0.2, 0.25) is 0 Å². The number of rotatable bonds is 3. The number of thiazole rings is 1. The summed E-state index contributed by atoms with van der Waals surface area (Å²) < 4.78 is 15.0. The van der Waals surface area contributed by atoms with Gasteiger partial charge in [0, 0.05) is 13.2 Å². The molecule has 0 aliphatic heterocycles. The summed E-state index contributed by atoms with van der Waals surface area (Å²) >= 11 is 1.34. The Labute approximate surface area is 123 Å². The maximum absolute atomic E-state index is 14.0. The summed E-state index contributed by atoms with van der Waals surface area (Å²) in [5, 5.41) is 5.64. The van der Waals surface area contributed by atoms with E-state index in [0.717, 1.165) is 10.2 Å². The molecule has 0 radical (unpaired) electrons. The molecule has 1 aromatic carbocycles. The van der Waals surface area contributed by atoms with Gasteiger partial charge in [-0.05, 0) is 18.2 Å². The van der Waals surface area contributed by atoms with Crippen LogP contribution in [-0.4, -0.2) is 22.9 Å². The molecule has 0 aliphatic rings. The minimum absolute atomic E-state index is 0.0342. The maximum atomic E-state index is 14.0. The van der Waals surface area contributed by atoms with Crippen molar-refractivity contribution in [3.05, 3.63) is 47.9 Å². The third-order valence-corrected chi connectivity index (χ3v) is 3.84. The molecule has 0 saturated heterocycles. The summed E-state index contributed by atoms with van der Waals surface area (Å²) in [5.41, 5.74) is 0.720. The second-order valence-corrected chi connectivity index (χ2v) is 5.24. The molecule has 3 rings (SSSR count). The fourth-order valence-corrected chi connectivity index (χ4v) is 2.74. The van der Waals surface area contributed by atoms with E-state index < -0.39 is 11.7 Å². The van der Waals surface area contributed by atoms with Gasteiger partial charge in [0.15, 0.2) is 16.8 Å². The highest BCUT2D eigenvalue weighted by atomic mass is 32.1. The number of hydrogen-bond acceptors (Lipinski definition) is 5. The Balaban J connectivity index is 1.89. The summed E-state index contributed by atoms with van der Waals surface area (Å²) in [4.78, 5) is 20.2. The third-order valence-electron chi connectivity index (χ3n) is 2.88. The van der Waals surface area contributed by atoms with Gasteiger partial charge < -0.3 is 5.32 Å². The molecule has 7 heteroatoms. The van der Waals surface area contributed by atoms with Gasteiger partial charge in [-0.15, -0.1) is 0 Å².